The number of ether oxygens (including phenoxy) is 1. The number of aliphatic carboxylic acids is 2. The first kappa shape index (κ1) is 16.9. The van der Waals surface area contributed by atoms with Gasteiger partial charge in [0.1, 0.15) is 0 Å². The van der Waals surface area contributed by atoms with Crippen LogP contribution < -0.4 is 0 Å². The Morgan fingerprint density at radius 2 is 1.67 bits per heavy atom. The second-order valence-electron chi connectivity index (χ2n) is 3.76. The van der Waals surface area contributed by atoms with E-state index in [-0.39, 0.29) is 15.7 Å². The highest BCUT2D eigenvalue weighted by Crippen LogP contribution is 2.25. The third-order valence-electron chi connectivity index (χ3n) is 2.07. The van der Waals surface area contributed by atoms with Gasteiger partial charge in [-0.3, -0.25) is 4.79 Å². The quantitative estimate of drug-likeness (QED) is 0.630. The average Bonchev–Trinajstić information content (AvgIpc) is 2.31. The summed E-state index contributed by atoms with van der Waals surface area (Å²) < 4.78 is 4.45. The summed E-state index contributed by atoms with van der Waals surface area (Å²) in [6, 6.07) is 3.95. The van der Waals surface area contributed by atoms with E-state index in [4.69, 9.17) is 33.4 Å². The number of aliphatic imine (C=N–C) groups is 1. The third-order valence-corrected chi connectivity index (χ3v) is 2.51. The van der Waals surface area contributed by atoms with Crippen molar-refractivity contribution in [3.63, 3.8) is 0 Å². The number of carboxylic acids is 2. The number of hydrogen-bond donors (Lipinski definition) is 2. The highest BCUT2D eigenvalue weighted by Gasteiger charge is 2.32. The SMILES string of the molecule is CC(=O)OC(C(=O)O)C(=Nc1cc(Cl)cc(Cl)c1)C(=O)O. The molecule has 2 N–H and O–H groups in total. The van der Waals surface area contributed by atoms with E-state index in [1.165, 1.54) is 18.2 Å². The standard InChI is InChI=1S/C12H9Cl2NO6/c1-5(16)21-10(12(19)20)9(11(17)18)15-8-3-6(13)2-7(14)4-8/h2-4,10H,1H3,(H,17,18)(H,19,20). The summed E-state index contributed by atoms with van der Waals surface area (Å²) in [7, 11) is 0. The van der Waals surface area contributed by atoms with E-state index < -0.39 is 29.7 Å². The lowest BCUT2D eigenvalue weighted by atomic mass is 10.2. The number of rotatable bonds is 5. The van der Waals surface area contributed by atoms with Crippen LogP contribution in [0.5, 0.6) is 0 Å². The van der Waals surface area contributed by atoms with E-state index in [2.05, 4.69) is 9.73 Å². The molecule has 1 aromatic carbocycles. The van der Waals surface area contributed by atoms with Gasteiger partial charge in [0.05, 0.1) is 5.69 Å². The molecular formula is C12H9Cl2NO6. The van der Waals surface area contributed by atoms with Gasteiger partial charge in [-0.1, -0.05) is 23.2 Å². The van der Waals surface area contributed by atoms with Crippen molar-refractivity contribution in [3.8, 4) is 0 Å². The lowest BCUT2D eigenvalue weighted by Crippen LogP contribution is -2.38. The maximum Gasteiger partial charge on any atom is 0.354 e. The Kier molecular flexibility index (Phi) is 5.69. The van der Waals surface area contributed by atoms with Crippen molar-refractivity contribution in [2.75, 3.05) is 0 Å². The first-order chi connectivity index (χ1) is 9.70. The summed E-state index contributed by atoms with van der Waals surface area (Å²) in [5.74, 6) is -4.28. The Morgan fingerprint density at radius 1 is 1.14 bits per heavy atom. The minimum Gasteiger partial charge on any atom is -0.478 e. The van der Waals surface area contributed by atoms with Crippen LogP contribution in [0.25, 0.3) is 0 Å². The minimum atomic E-state index is -2.04. The van der Waals surface area contributed by atoms with Gasteiger partial charge in [-0.15, -0.1) is 0 Å². The zero-order valence-corrected chi connectivity index (χ0v) is 12.1. The van der Waals surface area contributed by atoms with Crippen molar-refractivity contribution >= 4 is 52.5 Å². The maximum absolute atomic E-state index is 11.1. The summed E-state index contributed by atoms with van der Waals surface area (Å²) >= 11 is 11.5. The van der Waals surface area contributed by atoms with Gasteiger partial charge in [-0.05, 0) is 18.2 Å². The summed E-state index contributed by atoms with van der Waals surface area (Å²) in [6.45, 7) is 0.950. The molecule has 7 nitrogen and oxygen atoms in total. The third kappa shape index (κ3) is 5.05. The molecule has 0 amide bonds. The molecule has 21 heavy (non-hydrogen) atoms. The number of esters is 1. The van der Waals surface area contributed by atoms with Gasteiger partial charge < -0.3 is 14.9 Å². The van der Waals surface area contributed by atoms with E-state index in [0.717, 1.165) is 6.92 Å². The molecule has 112 valence electrons. The molecule has 9 heteroatoms. The minimum absolute atomic E-state index is 0.0169. The molecule has 0 saturated heterocycles. The molecule has 1 atom stereocenters. The Hall–Kier alpha value is -2.12. The topological polar surface area (TPSA) is 113 Å². The van der Waals surface area contributed by atoms with Crippen LogP contribution in [-0.4, -0.2) is 39.9 Å². The van der Waals surface area contributed by atoms with Crippen molar-refractivity contribution in [3.05, 3.63) is 28.2 Å². The first-order valence-corrected chi connectivity index (χ1v) is 6.14. The fraction of sp³-hybridized carbons (Fsp3) is 0.167. The highest BCUT2D eigenvalue weighted by atomic mass is 35.5. The average molecular weight is 334 g/mol. The van der Waals surface area contributed by atoms with Crippen LogP contribution >= 0.6 is 23.2 Å². The largest absolute Gasteiger partial charge is 0.478 e. The summed E-state index contributed by atoms with van der Waals surface area (Å²) in [5.41, 5.74) is -0.862. The number of carboxylic acid groups (broad SMARTS) is 2. The molecule has 0 spiro atoms. The molecule has 1 rings (SSSR count). The Bertz CT molecular complexity index is 608. The van der Waals surface area contributed by atoms with Crippen LogP contribution in [0.1, 0.15) is 6.92 Å². The van der Waals surface area contributed by atoms with Crippen molar-refractivity contribution in [2.24, 2.45) is 4.99 Å². The molecule has 0 aliphatic carbocycles. The number of hydrogen-bond acceptors (Lipinski definition) is 5. The van der Waals surface area contributed by atoms with Crippen LogP contribution in [0, 0.1) is 0 Å². The predicted octanol–water partition coefficient (Wildman–Crippen LogP) is 2.17. The smallest absolute Gasteiger partial charge is 0.354 e. The Labute approximate surface area is 128 Å². The van der Waals surface area contributed by atoms with Crippen LogP contribution in [0.3, 0.4) is 0 Å². The zero-order valence-electron chi connectivity index (χ0n) is 10.5. The fourth-order valence-corrected chi connectivity index (χ4v) is 1.87. The van der Waals surface area contributed by atoms with Gasteiger partial charge in [0.25, 0.3) is 0 Å². The highest BCUT2D eigenvalue weighted by molar-refractivity contribution is 6.42. The van der Waals surface area contributed by atoms with Crippen LogP contribution in [0.2, 0.25) is 10.0 Å². The number of halogens is 2. The number of carbonyl (C=O) groups excluding carboxylic acids is 1. The van der Waals surface area contributed by atoms with Crippen molar-refractivity contribution in [1.29, 1.82) is 0 Å². The van der Waals surface area contributed by atoms with Crippen LogP contribution in [-0.2, 0) is 19.1 Å². The maximum atomic E-state index is 11.1. The summed E-state index contributed by atoms with van der Waals surface area (Å²) in [5, 5.41) is 18.4. The molecule has 0 aliphatic rings. The Morgan fingerprint density at radius 3 is 2.05 bits per heavy atom. The van der Waals surface area contributed by atoms with E-state index >= 15 is 0 Å². The second-order valence-corrected chi connectivity index (χ2v) is 4.63. The molecule has 0 aromatic heterocycles. The van der Waals surface area contributed by atoms with Gasteiger partial charge in [0.15, 0.2) is 5.71 Å². The fourth-order valence-electron chi connectivity index (χ4n) is 1.35. The zero-order chi connectivity index (χ0) is 16.2. The first-order valence-electron chi connectivity index (χ1n) is 5.38. The monoisotopic (exact) mass is 333 g/mol. The van der Waals surface area contributed by atoms with Crippen molar-refractivity contribution in [1.82, 2.24) is 0 Å². The molecular weight excluding hydrogens is 325 g/mol. The van der Waals surface area contributed by atoms with E-state index in [1.54, 1.807) is 0 Å². The molecule has 0 fully saturated rings. The predicted molar refractivity (Wildman–Crippen MR) is 74.4 cm³/mol. The number of nitrogens with zero attached hydrogens (tertiary/aromatic N) is 1. The van der Waals surface area contributed by atoms with Gasteiger partial charge >= 0.3 is 17.9 Å². The van der Waals surface area contributed by atoms with Gasteiger partial charge in [0, 0.05) is 17.0 Å². The number of benzene rings is 1. The molecule has 1 aromatic rings. The van der Waals surface area contributed by atoms with Crippen molar-refractivity contribution < 1.29 is 29.3 Å². The van der Waals surface area contributed by atoms with Gasteiger partial charge in [-0.25, -0.2) is 14.6 Å². The molecule has 0 aliphatic heterocycles. The van der Waals surface area contributed by atoms with Crippen molar-refractivity contribution in [2.45, 2.75) is 13.0 Å². The van der Waals surface area contributed by atoms with Crippen LogP contribution in [0.4, 0.5) is 5.69 Å². The van der Waals surface area contributed by atoms with E-state index in [0.29, 0.717) is 0 Å². The van der Waals surface area contributed by atoms with Gasteiger partial charge in [0.2, 0.25) is 6.10 Å². The number of carbonyl (C=O) groups is 3. The van der Waals surface area contributed by atoms with E-state index in [1.807, 2.05) is 0 Å². The van der Waals surface area contributed by atoms with E-state index in [9.17, 15) is 14.4 Å². The lowest BCUT2D eigenvalue weighted by Gasteiger charge is -2.12. The lowest BCUT2D eigenvalue weighted by molar-refractivity contribution is -0.158. The Balaban J connectivity index is 3.32. The molecule has 1 unspecified atom stereocenters. The molecule has 0 heterocycles. The normalized spacial score (nSPS) is 12.6. The molecule has 0 saturated carbocycles. The summed E-state index contributed by atoms with van der Waals surface area (Å²) in [4.78, 5) is 36.7. The van der Waals surface area contributed by atoms with Gasteiger partial charge in [-0.2, -0.15) is 0 Å². The molecule has 0 bridgehead atoms. The molecule has 0 radical (unpaired) electrons. The summed E-state index contributed by atoms with van der Waals surface area (Å²) in [6.07, 6.45) is -2.04. The van der Waals surface area contributed by atoms with Crippen LogP contribution in [0.15, 0.2) is 23.2 Å². The second kappa shape index (κ2) is 7.05.